The second kappa shape index (κ2) is 7.32. The normalized spacial score (nSPS) is 16.3. The van der Waals surface area contributed by atoms with E-state index < -0.39 is 0 Å². The molecule has 2 aromatic rings. The molecule has 0 radical (unpaired) electrons. The lowest BCUT2D eigenvalue weighted by molar-refractivity contribution is -0.131. The first-order valence-corrected chi connectivity index (χ1v) is 7.98. The number of carbonyl (C=O) groups excluding carboxylic acids is 1. The minimum atomic E-state index is 0.0787. The third-order valence-electron chi connectivity index (χ3n) is 4.29. The van der Waals surface area contributed by atoms with Crippen molar-refractivity contribution in [1.82, 2.24) is 30.0 Å². The molecule has 0 bridgehead atoms. The average Bonchev–Trinajstić information content (AvgIpc) is 2.94. The van der Waals surface area contributed by atoms with Crippen LogP contribution >= 0.6 is 0 Å². The van der Waals surface area contributed by atoms with Crippen LogP contribution in [0.4, 0.5) is 0 Å². The molecule has 2 heterocycles. The van der Waals surface area contributed by atoms with Gasteiger partial charge >= 0.3 is 0 Å². The zero-order valence-electron chi connectivity index (χ0n) is 13.4. The van der Waals surface area contributed by atoms with Gasteiger partial charge in [0.15, 0.2) is 0 Å². The molecule has 1 aliphatic rings. The Morgan fingerprint density at radius 2 is 2.04 bits per heavy atom. The Morgan fingerprint density at radius 1 is 1.17 bits per heavy atom. The highest BCUT2D eigenvalue weighted by Gasteiger charge is 2.20. The molecule has 0 spiro atoms. The van der Waals surface area contributed by atoms with E-state index in [1.165, 1.54) is 22.1 Å². The molecule has 1 aromatic carbocycles. The van der Waals surface area contributed by atoms with E-state index in [2.05, 4.69) is 51.6 Å². The van der Waals surface area contributed by atoms with Gasteiger partial charge in [0, 0.05) is 32.7 Å². The average molecular weight is 314 g/mol. The summed E-state index contributed by atoms with van der Waals surface area (Å²) in [5.74, 6) is 0.0787. The zero-order chi connectivity index (χ0) is 16.1. The van der Waals surface area contributed by atoms with E-state index in [4.69, 9.17) is 0 Å². The third kappa shape index (κ3) is 4.13. The second-order valence-corrected chi connectivity index (χ2v) is 5.94. The number of rotatable bonds is 4. The van der Waals surface area contributed by atoms with Crippen LogP contribution in [0.1, 0.15) is 17.5 Å². The fraction of sp³-hybridized carbons (Fsp3) is 0.500. The summed E-state index contributed by atoms with van der Waals surface area (Å²) < 4.78 is 1.47. The minimum absolute atomic E-state index is 0.0787. The first-order valence-electron chi connectivity index (χ1n) is 7.98. The molecule has 23 heavy (non-hydrogen) atoms. The van der Waals surface area contributed by atoms with Crippen LogP contribution in [0.3, 0.4) is 0 Å². The summed E-state index contributed by atoms with van der Waals surface area (Å²) in [6, 6.07) is 8.48. The third-order valence-corrected chi connectivity index (χ3v) is 4.29. The molecule has 122 valence electrons. The summed E-state index contributed by atoms with van der Waals surface area (Å²) in [6.07, 6.45) is 2.47. The molecule has 7 nitrogen and oxygen atoms in total. The Labute approximate surface area is 135 Å². The summed E-state index contributed by atoms with van der Waals surface area (Å²) in [5, 5.41) is 10.9. The lowest BCUT2D eigenvalue weighted by Gasteiger charge is -2.22. The van der Waals surface area contributed by atoms with Gasteiger partial charge in [0.2, 0.25) is 5.91 Å². The van der Waals surface area contributed by atoms with Crippen molar-refractivity contribution in [1.29, 1.82) is 0 Å². The first kappa shape index (κ1) is 15.6. The van der Waals surface area contributed by atoms with Crippen LogP contribution in [0.2, 0.25) is 0 Å². The molecule has 0 aliphatic carbocycles. The summed E-state index contributed by atoms with van der Waals surface area (Å²) in [5.41, 5.74) is 2.68. The Kier molecular flexibility index (Phi) is 4.97. The SMILES string of the molecule is Cc1ccccc1CN1CCCN(C(=O)Cn2cnnn2)CC1. The number of nitrogens with zero attached hydrogens (tertiary/aromatic N) is 6. The Bertz CT molecular complexity index is 642. The van der Waals surface area contributed by atoms with Gasteiger partial charge in [-0.3, -0.25) is 9.69 Å². The highest BCUT2D eigenvalue weighted by atomic mass is 16.2. The number of hydrogen-bond donors (Lipinski definition) is 0. The summed E-state index contributed by atoms with van der Waals surface area (Å²) in [4.78, 5) is 16.7. The van der Waals surface area contributed by atoms with E-state index in [0.717, 1.165) is 39.1 Å². The van der Waals surface area contributed by atoms with Gasteiger partial charge in [0.05, 0.1) is 0 Å². The molecule has 7 heteroatoms. The lowest BCUT2D eigenvalue weighted by atomic mass is 10.1. The van der Waals surface area contributed by atoms with Crippen LogP contribution in [0.25, 0.3) is 0 Å². The van der Waals surface area contributed by atoms with Crippen molar-refractivity contribution in [2.45, 2.75) is 26.4 Å². The Morgan fingerprint density at radius 3 is 2.83 bits per heavy atom. The standard InChI is InChI=1S/C16H22N6O/c1-14-5-2-3-6-15(14)11-20-7-4-8-21(10-9-20)16(23)12-22-13-17-18-19-22/h2-3,5-6,13H,4,7-12H2,1H3. The Balaban J connectivity index is 1.54. The van der Waals surface area contributed by atoms with Crippen molar-refractivity contribution < 1.29 is 4.79 Å². The van der Waals surface area contributed by atoms with E-state index >= 15 is 0 Å². The van der Waals surface area contributed by atoms with E-state index in [0.29, 0.717) is 0 Å². The number of aromatic nitrogens is 4. The maximum Gasteiger partial charge on any atom is 0.244 e. The van der Waals surface area contributed by atoms with Gasteiger partial charge in [-0.2, -0.15) is 0 Å². The van der Waals surface area contributed by atoms with Crippen molar-refractivity contribution in [3.8, 4) is 0 Å². The minimum Gasteiger partial charge on any atom is -0.340 e. The number of tetrazole rings is 1. The number of carbonyl (C=O) groups is 1. The topological polar surface area (TPSA) is 67.2 Å². The molecule has 3 rings (SSSR count). The van der Waals surface area contributed by atoms with Crippen LogP contribution in [-0.2, 0) is 17.9 Å². The smallest absolute Gasteiger partial charge is 0.244 e. The zero-order valence-corrected chi connectivity index (χ0v) is 13.4. The van der Waals surface area contributed by atoms with Crippen LogP contribution in [0.5, 0.6) is 0 Å². The summed E-state index contributed by atoms with van der Waals surface area (Å²) >= 11 is 0. The van der Waals surface area contributed by atoms with E-state index in [1.54, 1.807) is 0 Å². The lowest BCUT2D eigenvalue weighted by Crippen LogP contribution is -2.37. The molecule has 0 N–H and O–H groups in total. The van der Waals surface area contributed by atoms with Crippen LogP contribution in [0, 0.1) is 6.92 Å². The quantitative estimate of drug-likeness (QED) is 0.832. The Hall–Kier alpha value is -2.28. The maximum absolute atomic E-state index is 12.3. The van der Waals surface area contributed by atoms with Crippen molar-refractivity contribution in [3.63, 3.8) is 0 Å². The summed E-state index contributed by atoms with van der Waals surface area (Å²) in [6.45, 7) is 6.78. The largest absolute Gasteiger partial charge is 0.340 e. The van der Waals surface area contributed by atoms with Gasteiger partial charge in [-0.1, -0.05) is 24.3 Å². The molecular weight excluding hydrogens is 292 g/mol. The molecule has 0 unspecified atom stereocenters. The number of hydrogen-bond acceptors (Lipinski definition) is 5. The van der Waals surface area contributed by atoms with Gasteiger partial charge in [-0.15, -0.1) is 5.10 Å². The van der Waals surface area contributed by atoms with Crippen LogP contribution in [-0.4, -0.2) is 62.1 Å². The highest BCUT2D eigenvalue weighted by Crippen LogP contribution is 2.13. The van der Waals surface area contributed by atoms with Gasteiger partial charge < -0.3 is 4.90 Å². The fourth-order valence-electron chi connectivity index (χ4n) is 2.90. The van der Waals surface area contributed by atoms with Gasteiger partial charge in [-0.25, -0.2) is 4.68 Å². The predicted octanol–water partition coefficient (Wildman–Crippen LogP) is 0.716. The van der Waals surface area contributed by atoms with Crippen molar-refractivity contribution in [3.05, 3.63) is 41.7 Å². The molecule has 0 saturated carbocycles. The second-order valence-electron chi connectivity index (χ2n) is 5.94. The van der Waals surface area contributed by atoms with Crippen molar-refractivity contribution >= 4 is 5.91 Å². The maximum atomic E-state index is 12.3. The van der Waals surface area contributed by atoms with Gasteiger partial charge in [0.25, 0.3) is 0 Å². The molecule has 1 aliphatic heterocycles. The van der Waals surface area contributed by atoms with E-state index in [9.17, 15) is 4.79 Å². The highest BCUT2D eigenvalue weighted by molar-refractivity contribution is 5.75. The van der Waals surface area contributed by atoms with Gasteiger partial charge in [0.1, 0.15) is 12.9 Å². The first-order chi connectivity index (χ1) is 11.2. The van der Waals surface area contributed by atoms with E-state index in [1.807, 2.05) is 4.90 Å². The van der Waals surface area contributed by atoms with E-state index in [-0.39, 0.29) is 12.5 Å². The monoisotopic (exact) mass is 314 g/mol. The molecule has 0 atom stereocenters. The predicted molar refractivity (Wildman–Crippen MR) is 85.5 cm³/mol. The molecule has 1 saturated heterocycles. The van der Waals surface area contributed by atoms with Crippen LogP contribution < -0.4 is 0 Å². The molecule has 1 amide bonds. The molecule has 1 fully saturated rings. The molecule has 1 aromatic heterocycles. The summed E-state index contributed by atoms with van der Waals surface area (Å²) in [7, 11) is 0. The fourth-order valence-corrected chi connectivity index (χ4v) is 2.90. The van der Waals surface area contributed by atoms with Crippen molar-refractivity contribution in [2.24, 2.45) is 0 Å². The van der Waals surface area contributed by atoms with Crippen molar-refractivity contribution in [2.75, 3.05) is 26.2 Å². The number of benzene rings is 1. The number of amides is 1. The molecular formula is C16H22N6O. The van der Waals surface area contributed by atoms with Gasteiger partial charge in [-0.05, 0) is 34.9 Å². The number of aryl methyl sites for hydroxylation is 1. The van der Waals surface area contributed by atoms with Crippen LogP contribution in [0.15, 0.2) is 30.6 Å².